The second kappa shape index (κ2) is 10.6. The second-order valence-corrected chi connectivity index (χ2v) is 8.31. The first-order chi connectivity index (χ1) is 13.7. The lowest BCUT2D eigenvalue weighted by Crippen LogP contribution is -2.47. The first-order valence-corrected chi connectivity index (χ1v) is 10.7. The van der Waals surface area contributed by atoms with E-state index >= 15 is 0 Å². The van der Waals surface area contributed by atoms with E-state index < -0.39 is 0 Å². The van der Waals surface area contributed by atoms with Gasteiger partial charge in [-0.1, -0.05) is 31.4 Å². The molecule has 0 radical (unpaired) electrons. The number of carbonyl (C=O) groups excluding carboxylic acids is 1. The minimum atomic E-state index is 0. The summed E-state index contributed by atoms with van der Waals surface area (Å²) in [6.07, 6.45) is 9.76. The number of hydrogen-bond acceptors (Lipinski definition) is 3. The van der Waals surface area contributed by atoms with Crippen LogP contribution in [0.2, 0.25) is 0 Å². The molecule has 3 unspecified atom stereocenters. The highest BCUT2D eigenvalue weighted by molar-refractivity contribution is 14.0. The Bertz CT molecular complexity index is 721. The van der Waals surface area contributed by atoms with E-state index in [-0.39, 0.29) is 35.8 Å². The van der Waals surface area contributed by atoms with Crippen molar-refractivity contribution in [1.82, 2.24) is 10.6 Å². The Hall–Kier alpha value is -1.35. The molecule has 29 heavy (non-hydrogen) atoms. The van der Waals surface area contributed by atoms with Gasteiger partial charge in [-0.3, -0.25) is 9.79 Å². The number of amides is 1. The average molecular weight is 512 g/mol. The van der Waals surface area contributed by atoms with Crippen molar-refractivity contribution in [3.8, 4) is 0 Å². The number of nitrogens with one attached hydrogen (secondary N) is 3. The molecule has 3 fully saturated rings. The molecule has 7 heteroatoms. The van der Waals surface area contributed by atoms with E-state index in [0.29, 0.717) is 24.8 Å². The summed E-state index contributed by atoms with van der Waals surface area (Å²) in [5.41, 5.74) is 1.99. The summed E-state index contributed by atoms with van der Waals surface area (Å²) in [7, 11) is 1.80. The molecule has 2 bridgehead atoms. The molecular weight excluding hydrogens is 479 g/mol. The zero-order chi connectivity index (χ0) is 19.3. The lowest BCUT2D eigenvalue weighted by molar-refractivity contribution is -0.120. The maximum atomic E-state index is 12.5. The molecule has 0 spiro atoms. The van der Waals surface area contributed by atoms with Gasteiger partial charge in [0.25, 0.3) is 0 Å². The van der Waals surface area contributed by atoms with Gasteiger partial charge in [-0.2, -0.15) is 0 Å². The number of anilines is 1. The molecule has 1 aromatic rings. The van der Waals surface area contributed by atoms with Crippen LogP contribution in [-0.4, -0.2) is 37.2 Å². The summed E-state index contributed by atoms with van der Waals surface area (Å²) in [6.45, 7) is 0.661. The number of aliphatic imine (C=N–C) groups is 1. The van der Waals surface area contributed by atoms with Gasteiger partial charge in [0, 0.05) is 25.2 Å². The Morgan fingerprint density at radius 1 is 1.17 bits per heavy atom. The van der Waals surface area contributed by atoms with Crippen LogP contribution in [0.4, 0.5) is 5.69 Å². The van der Waals surface area contributed by atoms with Crippen LogP contribution >= 0.6 is 24.0 Å². The number of benzene rings is 1. The monoisotopic (exact) mass is 512 g/mol. The van der Waals surface area contributed by atoms with Gasteiger partial charge in [0.1, 0.15) is 0 Å². The third kappa shape index (κ3) is 5.84. The fourth-order valence-corrected chi connectivity index (χ4v) is 4.71. The van der Waals surface area contributed by atoms with Gasteiger partial charge >= 0.3 is 0 Å². The maximum Gasteiger partial charge on any atom is 0.227 e. The molecule has 160 valence electrons. The molecule has 6 nitrogen and oxygen atoms in total. The highest BCUT2D eigenvalue weighted by Crippen LogP contribution is 2.34. The van der Waals surface area contributed by atoms with Crippen molar-refractivity contribution in [2.45, 2.75) is 76.2 Å². The van der Waals surface area contributed by atoms with Crippen LogP contribution in [0.1, 0.15) is 56.9 Å². The second-order valence-electron chi connectivity index (χ2n) is 8.31. The maximum absolute atomic E-state index is 12.5. The summed E-state index contributed by atoms with van der Waals surface area (Å²) in [4.78, 5) is 16.8. The first kappa shape index (κ1) is 22.3. The third-order valence-electron chi connectivity index (χ3n) is 6.28. The molecule has 2 heterocycles. The normalized spacial score (nSPS) is 26.7. The van der Waals surface area contributed by atoms with Crippen LogP contribution in [-0.2, 0) is 16.1 Å². The van der Waals surface area contributed by atoms with E-state index in [1.165, 1.54) is 25.7 Å². The molecule has 3 aliphatic rings. The molecule has 2 saturated heterocycles. The van der Waals surface area contributed by atoms with Gasteiger partial charge in [0.05, 0.1) is 18.2 Å². The van der Waals surface area contributed by atoms with Crippen molar-refractivity contribution in [3.05, 3.63) is 29.8 Å². The Kier molecular flexibility index (Phi) is 8.17. The fraction of sp³-hybridized carbons (Fsp3) is 0.636. The lowest BCUT2D eigenvalue weighted by Gasteiger charge is -2.23. The van der Waals surface area contributed by atoms with Gasteiger partial charge in [-0.15, -0.1) is 24.0 Å². The molecule has 3 N–H and O–H groups in total. The van der Waals surface area contributed by atoms with Gasteiger partial charge in [0.15, 0.2) is 5.96 Å². The number of fused-ring (bicyclic) bond motifs is 2. The number of nitrogens with zero attached hydrogens (tertiary/aromatic N) is 1. The van der Waals surface area contributed by atoms with E-state index in [4.69, 9.17) is 4.74 Å². The molecule has 2 aliphatic heterocycles. The topological polar surface area (TPSA) is 74.8 Å². The molecule has 1 saturated carbocycles. The Labute approximate surface area is 190 Å². The number of carbonyl (C=O) groups is 1. The molecule has 1 aromatic carbocycles. The van der Waals surface area contributed by atoms with E-state index in [1.54, 1.807) is 7.05 Å². The van der Waals surface area contributed by atoms with Crippen LogP contribution in [0, 0.1) is 5.92 Å². The minimum Gasteiger partial charge on any atom is -0.373 e. The molecule has 4 rings (SSSR count). The first-order valence-electron chi connectivity index (χ1n) is 10.7. The summed E-state index contributed by atoms with van der Waals surface area (Å²) < 4.78 is 5.91. The molecule has 1 aliphatic carbocycles. The number of ether oxygens (including phenoxy) is 1. The predicted octanol–water partition coefficient (Wildman–Crippen LogP) is 3.81. The van der Waals surface area contributed by atoms with E-state index in [9.17, 15) is 4.79 Å². The Morgan fingerprint density at radius 2 is 2.00 bits per heavy atom. The van der Waals surface area contributed by atoms with E-state index in [0.717, 1.165) is 42.9 Å². The Morgan fingerprint density at radius 3 is 2.69 bits per heavy atom. The van der Waals surface area contributed by atoms with Crippen LogP contribution in [0.3, 0.4) is 0 Å². The molecule has 1 amide bonds. The lowest BCUT2D eigenvalue weighted by atomic mass is 9.88. The van der Waals surface area contributed by atoms with Crippen LogP contribution in [0.5, 0.6) is 0 Å². The van der Waals surface area contributed by atoms with Gasteiger partial charge < -0.3 is 20.7 Å². The van der Waals surface area contributed by atoms with Crippen molar-refractivity contribution in [2.24, 2.45) is 10.9 Å². The molecule has 3 atom stereocenters. The van der Waals surface area contributed by atoms with Crippen molar-refractivity contribution in [1.29, 1.82) is 0 Å². The van der Waals surface area contributed by atoms with E-state index in [2.05, 4.69) is 27.0 Å². The van der Waals surface area contributed by atoms with Crippen LogP contribution in [0.25, 0.3) is 0 Å². The van der Waals surface area contributed by atoms with Crippen LogP contribution < -0.4 is 16.0 Å². The van der Waals surface area contributed by atoms with Crippen molar-refractivity contribution >= 4 is 41.5 Å². The fourth-order valence-electron chi connectivity index (χ4n) is 4.71. The number of rotatable bonds is 5. The van der Waals surface area contributed by atoms with Crippen molar-refractivity contribution < 1.29 is 9.53 Å². The van der Waals surface area contributed by atoms with Gasteiger partial charge in [-0.05, 0) is 49.8 Å². The predicted molar refractivity (Wildman–Crippen MR) is 127 cm³/mol. The summed E-state index contributed by atoms with van der Waals surface area (Å²) in [5.74, 6) is 1.14. The average Bonchev–Trinajstić information content (AvgIpc) is 3.35. The number of hydrogen-bond donors (Lipinski definition) is 3. The smallest absolute Gasteiger partial charge is 0.227 e. The minimum absolute atomic E-state index is 0. The summed E-state index contributed by atoms with van der Waals surface area (Å²) >= 11 is 0. The standard InChI is InChI=1S/C22H32N4O2.HI/c1-23-22(26-19-13-18-10-11-20(19)28-18)24-14-15-6-5-9-17(12-15)25-21(27)16-7-3-2-4-8-16;/h5-6,9,12,16,18-20H,2-4,7-8,10-11,13-14H2,1H3,(H,25,27)(H2,23,24,26);1H. The summed E-state index contributed by atoms with van der Waals surface area (Å²) in [5, 5.41) is 9.99. The number of guanidine groups is 1. The van der Waals surface area contributed by atoms with Crippen molar-refractivity contribution in [3.63, 3.8) is 0 Å². The number of halogens is 1. The molecular formula is C22H33IN4O2. The molecule has 0 aromatic heterocycles. The van der Waals surface area contributed by atoms with Gasteiger partial charge in [-0.25, -0.2) is 0 Å². The van der Waals surface area contributed by atoms with Gasteiger partial charge in [0.2, 0.25) is 5.91 Å². The highest BCUT2D eigenvalue weighted by Gasteiger charge is 2.41. The quantitative estimate of drug-likeness (QED) is 0.319. The van der Waals surface area contributed by atoms with Crippen molar-refractivity contribution in [2.75, 3.05) is 12.4 Å². The Balaban J connectivity index is 0.00000240. The summed E-state index contributed by atoms with van der Waals surface area (Å²) in [6, 6.07) is 8.42. The zero-order valence-electron chi connectivity index (χ0n) is 17.2. The van der Waals surface area contributed by atoms with Crippen LogP contribution in [0.15, 0.2) is 29.3 Å². The zero-order valence-corrected chi connectivity index (χ0v) is 19.5. The van der Waals surface area contributed by atoms with E-state index in [1.807, 2.05) is 18.2 Å². The highest BCUT2D eigenvalue weighted by atomic mass is 127. The third-order valence-corrected chi connectivity index (χ3v) is 6.28. The SMILES string of the molecule is CN=C(NCc1cccc(NC(=O)C2CCCCC2)c1)NC1CC2CCC1O2.I. The largest absolute Gasteiger partial charge is 0.373 e.